The van der Waals surface area contributed by atoms with Crippen LogP contribution in [0.5, 0.6) is 11.5 Å². The fourth-order valence-electron chi connectivity index (χ4n) is 3.16. The van der Waals surface area contributed by atoms with Crippen molar-refractivity contribution in [2.45, 2.75) is 17.9 Å². The molecule has 1 amide bonds. The molecule has 1 atom stereocenters. The van der Waals surface area contributed by atoms with Gasteiger partial charge in [0.1, 0.15) is 12.7 Å². The number of carbonyl (C=O) groups is 1. The van der Waals surface area contributed by atoms with Crippen LogP contribution in [0.15, 0.2) is 71.6 Å². The van der Waals surface area contributed by atoms with E-state index in [0.29, 0.717) is 18.1 Å². The van der Waals surface area contributed by atoms with E-state index in [-0.39, 0.29) is 33.8 Å². The number of aryl methyl sites for hydroxylation is 1. The predicted octanol–water partition coefficient (Wildman–Crippen LogP) is 4.02. The van der Waals surface area contributed by atoms with E-state index < -0.39 is 15.9 Å². The summed E-state index contributed by atoms with van der Waals surface area (Å²) in [7, 11) is -3.77. The van der Waals surface area contributed by atoms with E-state index in [0.717, 1.165) is 5.56 Å². The zero-order valence-electron chi connectivity index (χ0n) is 17.2. The first-order valence-corrected chi connectivity index (χ1v) is 11.7. The number of ether oxygens (including phenoxy) is 2. The van der Waals surface area contributed by atoms with E-state index in [1.54, 1.807) is 18.2 Å². The molecule has 0 aliphatic carbocycles. The summed E-state index contributed by atoms with van der Waals surface area (Å²) in [5.74, 6) is 0.897. The zero-order valence-corrected chi connectivity index (χ0v) is 18.7. The van der Waals surface area contributed by atoms with Crippen LogP contribution >= 0.6 is 11.6 Å². The van der Waals surface area contributed by atoms with Gasteiger partial charge in [-0.1, -0.05) is 41.4 Å². The largest absolute Gasteiger partial charge is 0.486 e. The molecule has 32 heavy (non-hydrogen) atoms. The number of para-hydroxylation sites is 2. The third kappa shape index (κ3) is 4.98. The van der Waals surface area contributed by atoms with Crippen LogP contribution in [-0.2, 0) is 10.0 Å². The minimum Gasteiger partial charge on any atom is -0.486 e. The van der Waals surface area contributed by atoms with E-state index in [1.165, 1.54) is 30.3 Å². The molecule has 1 heterocycles. The van der Waals surface area contributed by atoms with Crippen LogP contribution in [0.25, 0.3) is 0 Å². The smallest absolute Gasteiger partial charge is 0.261 e. The number of hydrogen-bond donors (Lipinski definition) is 2. The quantitative estimate of drug-likeness (QED) is 0.565. The SMILES string of the molecule is Cc1ccc(S(=O)(=O)Nc2ccc(C(=O)NC[C@H]3COc4ccccc4O3)c(Cl)c2)cc1. The molecule has 4 rings (SSSR count). The topological polar surface area (TPSA) is 93.7 Å². The number of anilines is 1. The second-order valence-electron chi connectivity index (χ2n) is 7.32. The fourth-order valence-corrected chi connectivity index (χ4v) is 4.48. The Bertz CT molecular complexity index is 1250. The Labute approximate surface area is 191 Å². The molecule has 1 aliphatic rings. The lowest BCUT2D eigenvalue weighted by Gasteiger charge is -2.26. The fraction of sp³-hybridized carbons (Fsp3) is 0.174. The van der Waals surface area contributed by atoms with Gasteiger partial charge in [-0.25, -0.2) is 8.42 Å². The number of halogens is 1. The third-order valence-electron chi connectivity index (χ3n) is 4.86. The second kappa shape index (κ2) is 9.10. The molecule has 1 aliphatic heterocycles. The van der Waals surface area contributed by atoms with Gasteiger partial charge in [0.25, 0.3) is 15.9 Å². The summed E-state index contributed by atoms with van der Waals surface area (Å²) in [6.45, 7) is 2.41. The molecule has 0 radical (unpaired) electrons. The zero-order chi connectivity index (χ0) is 22.7. The third-order valence-corrected chi connectivity index (χ3v) is 6.56. The molecular formula is C23H21ClN2O5S. The molecule has 0 saturated carbocycles. The molecule has 0 aromatic heterocycles. The van der Waals surface area contributed by atoms with Gasteiger partial charge in [-0.3, -0.25) is 9.52 Å². The normalized spacial score (nSPS) is 15.1. The van der Waals surface area contributed by atoms with Crippen molar-refractivity contribution in [3.8, 4) is 11.5 Å². The van der Waals surface area contributed by atoms with Crippen LogP contribution in [-0.4, -0.2) is 33.6 Å². The molecule has 2 N–H and O–H groups in total. The summed E-state index contributed by atoms with van der Waals surface area (Å²) in [5, 5.41) is 2.90. The van der Waals surface area contributed by atoms with Crippen molar-refractivity contribution in [2.75, 3.05) is 17.9 Å². The highest BCUT2D eigenvalue weighted by Gasteiger charge is 2.22. The number of carbonyl (C=O) groups excluding carboxylic acids is 1. The summed E-state index contributed by atoms with van der Waals surface area (Å²) in [6.07, 6.45) is -0.340. The Morgan fingerprint density at radius 3 is 2.50 bits per heavy atom. The maximum atomic E-state index is 12.6. The van der Waals surface area contributed by atoms with Gasteiger partial charge in [0, 0.05) is 0 Å². The number of rotatable bonds is 6. The average molecular weight is 473 g/mol. The molecule has 166 valence electrons. The Morgan fingerprint density at radius 1 is 1.06 bits per heavy atom. The standard InChI is InChI=1S/C23H21ClN2O5S/c1-15-6-9-18(10-7-15)32(28,29)26-16-8-11-19(20(24)12-16)23(27)25-13-17-14-30-21-4-2-3-5-22(21)31-17/h2-12,17,26H,13-14H2,1H3,(H,25,27)/t17-/m0/s1. The number of fused-ring (bicyclic) bond motifs is 1. The lowest BCUT2D eigenvalue weighted by atomic mass is 10.2. The van der Waals surface area contributed by atoms with Crippen LogP contribution in [0.1, 0.15) is 15.9 Å². The van der Waals surface area contributed by atoms with Crippen molar-refractivity contribution in [1.29, 1.82) is 0 Å². The van der Waals surface area contributed by atoms with Gasteiger partial charge in [-0.2, -0.15) is 0 Å². The van der Waals surface area contributed by atoms with Crippen molar-refractivity contribution in [3.63, 3.8) is 0 Å². The molecular weight excluding hydrogens is 452 g/mol. The van der Waals surface area contributed by atoms with E-state index in [4.69, 9.17) is 21.1 Å². The van der Waals surface area contributed by atoms with Gasteiger partial charge in [0.05, 0.1) is 27.7 Å². The maximum Gasteiger partial charge on any atom is 0.261 e. The summed E-state index contributed by atoms with van der Waals surface area (Å²) in [6, 6.07) is 18.2. The molecule has 0 fully saturated rings. The van der Waals surface area contributed by atoms with E-state index in [1.807, 2.05) is 25.1 Å². The second-order valence-corrected chi connectivity index (χ2v) is 9.41. The average Bonchev–Trinajstić information content (AvgIpc) is 2.77. The number of benzene rings is 3. The highest BCUT2D eigenvalue weighted by Crippen LogP contribution is 2.30. The number of sulfonamides is 1. The Balaban J connectivity index is 1.38. The van der Waals surface area contributed by atoms with Gasteiger partial charge in [-0.05, 0) is 49.4 Å². The van der Waals surface area contributed by atoms with Crippen LogP contribution < -0.4 is 19.5 Å². The lowest BCUT2D eigenvalue weighted by Crippen LogP contribution is -2.40. The molecule has 0 bridgehead atoms. The highest BCUT2D eigenvalue weighted by molar-refractivity contribution is 7.92. The van der Waals surface area contributed by atoms with E-state index in [9.17, 15) is 13.2 Å². The first-order valence-electron chi connectivity index (χ1n) is 9.87. The maximum absolute atomic E-state index is 12.6. The van der Waals surface area contributed by atoms with Crippen molar-refractivity contribution in [3.05, 3.63) is 82.9 Å². The number of nitrogens with one attached hydrogen (secondary N) is 2. The van der Waals surface area contributed by atoms with Gasteiger partial charge in [-0.15, -0.1) is 0 Å². The van der Waals surface area contributed by atoms with Crippen molar-refractivity contribution < 1.29 is 22.7 Å². The Hall–Kier alpha value is -3.23. The molecule has 0 spiro atoms. The monoisotopic (exact) mass is 472 g/mol. The first-order chi connectivity index (χ1) is 15.3. The highest BCUT2D eigenvalue weighted by atomic mass is 35.5. The minimum atomic E-state index is -3.77. The van der Waals surface area contributed by atoms with E-state index in [2.05, 4.69) is 10.0 Å². The number of amides is 1. The molecule has 9 heteroatoms. The molecule has 3 aromatic rings. The minimum absolute atomic E-state index is 0.123. The lowest BCUT2D eigenvalue weighted by molar-refractivity contribution is 0.0789. The van der Waals surface area contributed by atoms with Crippen LogP contribution in [0, 0.1) is 6.92 Å². The van der Waals surface area contributed by atoms with Crippen molar-refractivity contribution in [1.82, 2.24) is 5.32 Å². The Kier molecular flexibility index (Phi) is 6.25. The number of hydrogen-bond acceptors (Lipinski definition) is 5. The summed E-state index contributed by atoms with van der Waals surface area (Å²) in [4.78, 5) is 12.7. The van der Waals surface area contributed by atoms with E-state index >= 15 is 0 Å². The summed E-state index contributed by atoms with van der Waals surface area (Å²) in [5.41, 5.74) is 1.44. The molecule has 3 aromatic carbocycles. The van der Waals surface area contributed by atoms with Crippen molar-refractivity contribution in [2.24, 2.45) is 0 Å². The Morgan fingerprint density at radius 2 is 1.78 bits per heavy atom. The van der Waals surface area contributed by atoms with Gasteiger partial charge in [0.15, 0.2) is 11.5 Å². The molecule has 0 saturated heterocycles. The molecule has 0 unspecified atom stereocenters. The van der Waals surface area contributed by atoms with Crippen molar-refractivity contribution >= 4 is 33.2 Å². The first kappa shape index (κ1) is 22.0. The predicted molar refractivity (Wildman–Crippen MR) is 122 cm³/mol. The summed E-state index contributed by atoms with van der Waals surface area (Å²) < 4.78 is 39.0. The van der Waals surface area contributed by atoms with Crippen LogP contribution in [0.3, 0.4) is 0 Å². The van der Waals surface area contributed by atoms with Gasteiger partial charge < -0.3 is 14.8 Å². The van der Waals surface area contributed by atoms with Crippen LogP contribution in [0.2, 0.25) is 5.02 Å². The summed E-state index contributed by atoms with van der Waals surface area (Å²) >= 11 is 6.26. The molecule has 7 nitrogen and oxygen atoms in total. The van der Waals surface area contributed by atoms with Crippen LogP contribution in [0.4, 0.5) is 5.69 Å². The van der Waals surface area contributed by atoms with Gasteiger partial charge >= 0.3 is 0 Å². The van der Waals surface area contributed by atoms with Gasteiger partial charge in [0.2, 0.25) is 0 Å².